The SMILES string of the molecule is Oc1ccc(C(=S)Nc2ccc(Cl)cc2Cl)c(O)c1. The molecule has 0 saturated heterocycles. The van der Waals surface area contributed by atoms with Crippen LogP contribution in [0.15, 0.2) is 36.4 Å². The number of hydrogen-bond donors (Lipinski definition) is 3. The molecule has 2 aromatic rings. The van der Waals surface area contributed by atoms with Gasteiger partial charge in [-0.2, -0.15) is 0 Å². The molecule has 0 aromatic heterocycles. The van der Waals surface area contributed by atoms with Gasteiger partial charge in [-0.3, -0.25) is 0 Å². The highest BCUT2D eigenvalue weighted by molar-refractivity contribution is 7.81. The van der Waals surface area contributed by atoms with Crippen LogP contribution in [-0.4, -0.2) is 15.2 Å². The van der Waals surface area contributed by atoms with Crippen molar-refractivity contribution in [3.63, 3.8) is 0 Å². The zero-order valence-corrected chi connectivity index (χ0v) is 11.9. The van der Waals surface area contributed by atoms with Crippen molar-refractivity contribution in [1.82, 2.24) is 0 Å². The van der Waals surface area contributed by atoms with Crippen LogP contribution in [0.25, 0.3) is 0 Å². The molecule has 0 amide bonds. The van der Waals surface area contributed by atoms with Crippen molar-refractivity contribution in [2.45, 2.75) is 0 Å². The number of rotatable bonds is 2. The predicted molar refractivity (Wildman–Crippen MR) is 81.6 cm³/mol. The summed E-state index contributed by atoms with van der Waals surface area (Å²) in [5.74, 6) is -0.142. The maximum absolute atomic E-state index is 9.71. The van der Waals surface area contributed by atoms with Gasteiger partial charge >= 0.3 is 0 Å². The second-order valence-corrected chi connectivity index (χ2v) is 5.03. The molecule has 0 heterocycles. The van der Waals surface area contributed by atoms with Gasteiger partial charge in [0.15, 0.2) is 0 Å². The number of hydrogen-bond acceptors (Lipinski definition) is 3. The third kappa shape index (κ3) is 3.29. The number of phenols is 2. The van der Waals surface area contributed by atoms with Gasteiger partial charge in [-0.05, 0) is 30.3 Å². The third-order valence-electron chi connectivity index (χ3n) is 2.41. The van der Waals surface area contributed by atoms with Crippen molar-refractivity contribution >= 4 is 46.1 Å². The first-order valence-corrected chi connectivity index (χ1v) is 6.42. The lowest BCUT2D eigenvalue weighted by atomic mass is 10.2. The van der Waals surface area contributed by atoms with Crippen molar-refractivity contribution in [2.75, 3.05) is 5.32 Å². The first-order valence-electron chi connectivity index (χ1n) is 5.26. The molecule has 0 fully saturated rings. The van der Waals surface area contributed by atoms with Gasteiger partial charge in [-0.15, -0.1) is 0 Å². The molecule has 0 spiro atoms. The Balaban J connectivity index is 2.25. The van der Waals surface area contributed by atoms with E-state index >= 15 is 0 Å². The van der Waals surface area contributed by atoms with Crippen LogP contribution < -0.4 is 5.32 Å². The minimum Gasteiger partial charge on any atom is -0.508 e. The highest BCUT2D eigenvalue weighted by Crippen LogP contribution is 2.28. The molecule has 0 aliphatic heterocycles. The van der Waals surface area contributed by atoms with Crippen molar-refractivity contribution in [1.29, 1.82) is 0 Å². The zero-order valence-electron chi connectivity index (χ0n) is 9.52. The van der Waals surface area contributed by atoms with Gasteiger partial charge in [0.1, 0.15) is 16.5 Å². The molecule has 19 heavy (non-hydrogen) atoms. The number of aromatic hydroxyl groups is 2. The van der Waals surface area contributed by atoms with Crippen molar-refractivity contribution < 1.29 is 10.2 Å². The maximum Gasteiger partial charge on any atom is 0.129 e. The third-order valence-corrected chi connectivity index (χ3v) is 3.28. The van der Waals surface area contributed by atoms with Crippen LogP contribution in [0.4, 0.5) is 5.69 Å². The standard InChI is InChI=1S/C13H9Cl2NO2S/c14-7-1-4-11(10(15)5-7)16-13(19)9-3-2-8(17)6-12(9)18/h1-6,17-18H,(H,16,19). The Morgan fingerprint density at radius 2 is 1.79 bits per heavy atom. The number of thiocarbonyl (C=S) groups is 1. The lowest BCUT2D eigenvalue weighted by Crippen LogP contribution is -2.10. The highest BCUT2D eigenvalue weighted by Gasteiger charge is 2.10. The lowest BCUT2D eigenvalue weighted by Gasteiger charge is -2.11. The molecule has 98 valence electrons. The molecule has 0 aliphatic rings. The monoisotopic (exact) mass is 313 g/mol. The Labute approximate surface area is 125 Å². The summed E-state index contributed by atoms with van der Waals surface area (Å²) in [5.41, 5.74) is 0.988. The lowest BCUT2D eigenvalue weighted by molar-refractivity contribution is 0.450. The summed E-state index contributed by atoms with van der Waals surface area (Å²) in [7, 11) is 0. The number of anilines is 1. The largest absolute Gasteiger partial charge is 0.508 e. The van der Waals surface area contributed by atoms with E-state index in [1.165, 1.54) is 18.2 Å². The second kappa shape index (κ2) is 5.65. The minimum absolute atomic E-state index is 0.0337. The quantitative estimate of drug-likeness (QED) is 0.728. The molecule has 3 N–H and O–H groups in total. The van der Waals surface area contributed by atoms with E-state index < -0.39 is 0 Å². The molecule has 0 unspecified atom stereocenters. The van der Waals surface area contributed by atoms with Gasteiger partial charge in [-0.25, -0.2) is 0 Å². The molecule has 0 atom stereocenters. The molecular formula is C13H9Cl2NO2S. The number of benzene rings is 2. The second-order valence-electron chi connectivity index (χ2n) is 3.78. The summed E-state index contributed by atoms with van der Waals surface area (Å²) < 4.78 is 0. The molecule has 2 rings (SSSR count). The first-order chi connectivity index (χ1) is 8.97. The molecule has 0 bridgehead atoms. The van der Waals surface area contributed by atoms with Crippen molar-refractivity contribution in [3.8, 4) is 11.5 Å². The van der Waals surface area contributed by atoms with E-state index in [0.717, 1.165) is 0 Å². The predicted octanol–water partition coefficient (Wildman–Crippen LogP) is 4.19. The molecular weight excluding hydrogens is 305 g/mol. The fraction of sp³-hybridized carbons (Fsp3) is 0. The van der Waals surface area contributed by atoms with E-state index in [4.69, 9.17) is 35.4 Å². The van der Waals surface area contributed by atoms with Crippen LogP contribution >= 0.6 is 35.4 Å². The van der Waals surface area contributed by atoms with Crippen LogP contribution in [0.3, 0.4) is 0 Å². The first kappa shape index (κ1) is 13.9. The summed E-state index contributed by atoms with van der Waals surface area (Å²) in [6, 6.07) is 9.12. The van der Waals surface area contributed by atoms with E-state index in [0.29, 0.717) is 26.3 Å². The zero-order chi connectivity index (χ0) is 14.0. The van der Waals surface area contributed by atoms with Gasteiger partial charge in [0.25, 0.3) is 0 Å². The summed E-state index contributed by atoms with van der Waals surface area (Å²) in [4.78, 5) is 0.293. The smallest absolute Gasteiger partial charge is 0.129 e. The molecule has 0 saturated carbocycles. The van der Waals surface area contributed by atoms with E-state index in [1.54, 1.807) is 18.2 Å². The highest BCUT2D eigenvalue weighted by atomic mass is 35.5. The van der Waals surface area contributed by atoms with Crippen LogP contribution in [-0.2, 0) is 0 Å². The molecule has 0 radical (unpaired) electrons. The van der Waals surface area contributed by atoms with E-state index in [-0.39, 0.29) is 11.5 Å². The van der Waals surface area contributed by atoms with Gasteiger partial charge in [0.05, 0.1) is 16.3 Å². The Kier molecular flexibility index (Phi) is 4.14. The molecule has 6 heteroatoms. The summed E-state index contributed by atoms with van der Waals surface area (Å²) >= 11 is 17.0. The van der Waals surface area contributed by atoms with E-state index in [2.05, 4.69) is 5.32 Å². The van der Waals surface area contributed by atoms with Crippen LogP contribution in [0.2, 0.25) is 10.0 Å². The molecule has 3 nitrogen and oxygen atoms in total. The Hall–Kier alpha value is -1.49. The van der Waals surface area contributed by atoms with E-state index in [9.17, 15) is 10.2 Å². The Bertz CT molecular complexity index is 647. The fourth-order valence-corrected chi connectivity index (χ4v) is 2.23. The van der Waals surface area contributed by atoms with E-state index in [1.807, 2.05) is 0 Å². The van der Waals surface area contributed by atoms with Gasteiger partial charge in [-0.1, -0.05) is 35.4 Å². The molecule has 2 aromatic carbocycles. The summed E-state index contributed by atoms with van der Waals surface area (Å²) in [6.45, 7) is 0. The Morgan fingerprint density at radius 3 is 2.42 bits per heavy atom. The number of phenolic OH excluding ortho intramolecular Hbond substituents is 2. The van der Waals surface area contributed by atoms with Crippen LogP contribution in [0.5, 0.6) is 11.5 Å². The van der Waals surface area contributed by atoms with Crippen LogP contribution in [0.1, 0.15) is 5.56 Å². The van der Waals surface area contributed by atoms with Gasteiger partial charge < -0.3 is 15.5 Å². The maximum atomic E-state index is 9.71. The molecule has 0 aliphatic carbocycles. The average molecular weight is 314 g/mol. The summed E-state index contributed by atoms with van der Waals surface area (Å²) in [5, 5.41) is 22.8. The normalized spacial score (nSPS) is 10.2. The van der Waals surface area contributed by atoms with Crippen molar-refractivity contribution in [3.05, 3.63) is 52.0 Å². The Morgan fingerprint density at radius 1 is 1.05 bits per heavy atom. The summed E-state index contributed by atoms with van der Waals surface area (Å²) in [6.07, 6.45) is 0. The van der Waals surface area contributed by atoms with Crippen LogP contribution in [0, 0.1) is 0 Å². The van der Waals surface area contributed by atoms with Gasteiger partial charge in [0, 0.05) is 11.1 Å². The van der Waals surface area contributed by atoms with Gasteiger partial charge in [0.2, 0.25) is 0 Å². The average Bonchev–Trinajstić information content (AvgIpc) is 2.32. The number of nitrogens with one attached hydrogen (secondary N) is 1. The fourth-order valence-electron chi connectivity index (χ4n) is 1.49. The number of halogens is 2. The van der Waals surface area contributed by atoms with Crippen molar-refractivity contribution in [2.24, 2.45) is 0 Å². The minimum atomic E-state index is -0.109. The topological polar surface area (TPSA) is 52.5 Å².